The van der Waals surface area contributed by atoms with Crippen molar-refractivity contribution in [1.82, 2.24) is 0 Å². The summed E-state index contributed by atoms with van der Waals surface area (Å²) in [5.41, 5.74) is 2.01. The van der Waals surface area contributed by atoms with E-state index in [9.17, 15) is 92.2 Å². The predicted octanol–water partition coefficient (Wildman–Crippen LogP) is 24.6. The summed E-state index contributed by atoms with van der Waals surface area (Å²) in [7, 11) is 0. The standard InChI is InChI=1S/C13H9F.C12H12.3C8H6F4.C7H3F5.C7H5F3.4C2H6.31Y/c1-10-2-4-11(5-3-10)12-6-8-13(14)9-7-12;1-9-7-8-10(2)12-6-4-3-5-11(9)12;1-3-5(9)7(11)4(2)8(12)6(3)10;1-3-5(9)4(2)7(11)8(12)6(3)10;1-3-4(2)6(10)8(12)7(11)5(3)9;1-2-3(8)5(10)7(12)6(11)4(2)9;1-4-6(9)2-5(8)3-7(4)10;4*1-2;;;;;;;;;;;;;;;;;;;;;;;;;;;;;;;/h2-4,6,8-9H,1H3;3-8H,1-2H3;3*1-2H3;1H3;2-3H,1H3;4*1-2H3;;;;;;;;;;;;;;;;;;;;;;;;;;;;;;;/q-2;;;;;;;;;;;;;;;;;;;;;;;;;;;;;;;;;;;;;;;;;. The van der Waals surface area contributed by atoms with Crippen LogP contribution < -0.4 is 0 Å². The Labute approximate surface area is 1500 Å². The van der Waals surface area contributed by atoms with Gasteiger partial charge in [-0.05, 0) is 102 Å². The molecular weight excluding hydrogens is 4010 g/mol. The van der Waals surface area contributed by atoms with E-state index in [0.29, 0.717) is 12.1 Å². The van der Waals surface area contributed by atoms with E-state index in [-0.39, 0.29) is 1040 Å². The van der Waals surface area contributed by atoms with Crippen LogP contribution in [-0.4, -0.2) is 0 Å². The molecule has 9 aromatic rings. The van der Waals surface area contributed by atoms with E-state index in [4.69, 9.17) is 0 Å². The molecule has 52 heteroatoms. The van der Waals surface area contributed by atoms with Crippen molar-refractivity contribution in [3.63, 3.8) is 0 Å². The average molecular weight is 4080 g/mol. The van der Waals surface area contributed by atoms with Gasteiger partial charge in [0, 0.05) is 1070 Å². The fraction of sp³-hybridized carbons (Fsp3) is 0.268. The maximum atomic E-state index is 12.8. The van der Waals surface area contributed by atoms with Crippen molar-refractivity contribution in [3.05, 3.63) is 280 Å². The van der Waals surface area contributed by atoms with Crippen molar-refractivity contribution in [3.8, 4) is 11.1 Å². The van der Waals surface area contributed by atoms with E-state index in [2.05, 4.69) is 62.4 Å². The summed E-state index contributed by atoms with van der Waals surface area (Å²) >= 11 is 0. The van der Waals surface area contributed by atoms with Crippen LogP contribution in [0.1, 0.15) is 117 Å². The van der Waals surface area contributed by atoms with E-state index < -0.39 is 144 Å². The molecule has 0 saturated heterocycles. The van der Waals surface area contributed by atoms with Crippen molar-refractivity contribution in [2.45, 2.75) is 132 Å². The van der Waals surface area contributed by atoms with Crippen LogP contribution in [0.2, 0.25) is 0 Å². The van der Waals surface area contributed by atoms with E-state index >= 15 is 0 Å². The van der Waals surface area contributed by atoms with Gasteiger partial charge in [0.15, 0.2) is 87.3 Å². The second-order valence-electron chi connectivity index (χ2n) is 18.2. The minimum Gasteiger partial charge on any atom is -0.265 e. The smallest absolute Gasteiger partial charge is 0.200 e. The Bertz CT molecular complexity index is 3100. The zero-order valence-electron chi connectivity index (χ0n) is 71.9. The Kier molecular flexibility index (Phi) is 280. The summed E-state index contributed by atoms with van der Waals surface area (Å²) in [6.45, 7) is 30.8. The molecule has 0 N–H and O–H groups in total. The third-order valence-electron chi connectivity index (χ3n) is 12.3. The number of rotatable bonds is 1. The second kappa shape index (κ2) is 142. The molecule has 9 rings (SSSR count). The van der Waals surface area contributed by atoms with Gasteiger partial charge in [-0.1, -0.05) is 98.7 Å². The largest absolute Gasteiger partial charge is 0.265 e. The Morgan fingerprint density at radius 3 is 0.577 bits per heavy atom. The molecule has 0 aliphatic heterocycles. The predicted molar refractivity (Wildman–Crippen MR) is 322 cm³/mol. The quantitative estimate of drug-likeness (QED) is 0.0665. The van der Waals surface area contributed by atoms with E-state index in [0.717, 1.165) is 51.3 Å². The first-order valence-corrected chi connectivity index (χ1v) is 28.1. The van der Waals surface area contributed by atoms with Crippen LogP contribution in [0.5, 0.6) is 0 Å². The van der Waals surface area contributed by atoms with Gasteiger partial charge in [-0.15, -0.1) is 17.7 Å². The Morgan fingerprint density at radius 2 is 0.366 bits per heavy atom. The fourth-order valence-electron chi connectivity index (χ4n) is 6.77. The summed E-state index contributed by atoms with van der Waals surface area (Å²) in [5, 5.41) is 2.75. The molecule has 0 aliphatic carbocycles. The maximum Gasteiger partial charge on any atom is 0.200 e. The molecule has 0 bridgehead atoms. The van der Waals surface area contributed by atoms with Crippen molar-refractivity contribution >= 4 is 10.8 Å². The third-order valence-corrected chi connectivity index (χ3v) is 12.3. The molecule has 0 nitrogen and oxygen atoms in total. The van der Waals surface area contributed by atoms with E-state index in [1.807, 2.05) is 80.5 Å². The molecule has 123 heavy (non-hydrogen) atoms. The average Bonchev–Trinajstić information content (AvgIpc) is 0.823. The third kappa shape index (κ3) is 91.2. The molecule has 9 aromatic carbocycles. The monoisotopic (exact) mass is 4080 g/mol. The fourth-order valence-corrected chi connectivity index (χ4v) is 6.77. The van der Waals surface area contributed by atoms with Crippen LogP contribution in [0.25, 0.3) is 21.9 Å². The van der Waals surface area contributed by atoms with Gasteiger partial charge in [0.2, 0.25) is 5.82 Å². The summed E-state index contributed by atoms with van der Waals surface area (Å²) < 4.78 is 262. The Balaban J connectivity index is -0.0000000235. The molecule has 0 spiro atoms. The Hall–Kier alpha value is 26.0. The van der Waals surface area contributed by atoms with Gasteiger partial charge in [0.1, 0.15) is 23.3 Å². The topological polar surface area (TPSA) is 0 Å². The second-order valence-corrected chi connectivity index (χ2v) is 18.2. The van der Waals surface area contributed by atoms with Gasteiger partial charge in [-0.2, -0.15) is 36.4 Å². The molecule has 597 valence electrons. The first-order valence-electron chi connectivity index (χ1n) is 28.1. The van der Waals surface area contributed by atoms with Crippen molar-refractivity contribution < 1.29 is 1110 Å². The van der Waals surface area contributed by atoms with Crippen LogP contribution >= 0.6 is 0 Å². The number of aryl methyl sites for hydroxylation is 3. The number of hydrogen-bond acceptors (Lipinski definition) is 0. The zero-order chi connectivity index (χ0) is 72.1. The maximum absolute atomic E-state index is 12.8. The molecular formula is C71H71F21Y31-2. The normalized spacial score (nSPS) is 7.28. The van der Waals surface area contributed by atoms with Gasteiger partial charge in [0.05, 0.1) is 0 Å². The summed E-state index contributed by atoms with van der Waals surface area (Å²) in [6, 6.07) is 30.5. The number of benzene rings is 9. The van der Waals surface area contributed by atoms with E-state index in [1.54, 1.807) is 6.07 Å². The first-order chi connectivity index (χ1) is 43.0. The molecule has 0 atom stereocenters. The van der Waals surface area contributed by atoms with Crippen LogP contribution in [0.3, 0.4) is 0 Å². The number of hydrogen-bond donors (Lipinski definition) is 0. The van der Waals surface area contributed by atoms with Crippen molar-refractivity contribution in [2.75, 3.05) is 0 Å². The number of fused-ring (bicyclic) bond motifs is 1. The molecule has 0 heterocycles. The van der Waals surface area contributed by atoms with Gasteiger partial charge in [-0.3, -0.25) is 4.39 Å². The molecule has 31 radical (unpaired) electrons. The van der Waals surface area contributed by atoms with Crippen LogP contribution in [0.4, 0.5) is 92.2 Å². The zero-order valence-corrected chi connectivity index (χ0v) is 160. The molecule has 0 unspecified atom stereocenters. The Morgan fingerprint density at radius 1 is 0.179 bits per heavy atom. The van der Waals surface area contributed by atoms with E-state index in [1.165, 1.54) is 54.8 Å². The summed E-state index contributed by atoms with van der Waals surface area (Å²) in [4.78, 5) is 0. The van der Waals surface area contributed by atoms with Gasteiger partial charge in [-0.25, -0.2) is 98.9 Å². The molecule has 0 saturated carbocycles. The first kappa shape index (κ1) is 243. The molecule has 0 aliphatic rings. The van der Waals surface area contributed by atoms with Gasteiger partial charge >= 0.3 is 0 Å². The van der Waals surface area contributed by atoms with Gasteiger partial charge in [0.25, 0.3) is 0 Å². The van der Waals surface area contributed by atoms with Crippen LogP contribution in [0.15, 0.2) is 84.9 Å². The molecule has 0 aromatic heterocycles. The SMILES string of the molecule is CC.CC.CC.CC.Cc1c(C)c(F)c(F)c(F)c1F.Cc1c(F)c(C)c(F)c(F)c1F.Cc1c(F)c(F)c(C)c(F)c1F.Cc1c(F)c(F)c(F)c(F)c1F.Cc1c(F)cc(F)cc1F.Cc1c[c-]c(-c2[c-]cc(F)cc2)cc1.Cc1ccc(C)c2ccccc12.[Y].[Y].[Y].[Y].[Y].[Y].[Y].[Y].[Y].[Y].[Y].[Y].[Y].[Y].[Y].[Y].[Y].[Y].[Y].[Y].[Y].[Y].[Y].[Y].[Y].[Y].[Y].[Y].[Y].[Y].[Y]. The number of halogens is 21. The van der Waals surface area contributed by atoms with Crippen molar-refractivity contribution in [1.29, 1.82) is 0 Å². The summed E-state index contributed by atoms with van der Waals surface area (Å²) in [5.74, 6) is -29.4. The minimum absolute atomic E-state index is 0. The molecule has 0 fully saturated rings. The van der Waals surface area contributed by atoms with Gasteiger partial charge < -0.3 is 0 Å². The van der Waals surface area contributed by atoms with Crippen LogP contribution in [0, 0.1) is 210 Å². The minimum atomic E-state index is -2.13. The van der Waals surface area contributed by atoms with Crippen LogP contribution in [-0.2, 0) is 1010 Å². The van der Waals surface area contributed by atoms with Crippen molar-refractivity contribution in [2.24, 2.45) is 0 Å². The molecule has 0 amide bonds. The summed E-state index contributed by atoms with van der Waals surface area (Å²) in [6.07, 6.45) is 0.